The minimum absolute atomic E-state index is 0.0822. The highest BCUT2D eigenvalue weighted by Crippen LogP contribution is 2.24. The standard InChI is InChI=1S/C15H19F3N2O2S/c1-10(12-3-2-8-23-12)13(21)19-9-11-4-6-20(7-5-11)14(22)15(16,17)18/h2-3,8,10-11H,4-7,9H2,1H3,(H,19,21)/t10-/m1/s1. The molecule has 2 rings (SSSR count). The van der Waals surface area contributed by atoms with E-state index in [9.17, 15) is 22.8 Å². The van der Waals surface area contributed by atoms with E-state index in [0.29, 0.717) is 19.4 Å². The van der Waals surface area contributed by atoms with Gasteiger partial charge in [-0.25, -0.2) is 0 Å². The molecule has 2 heterocycles. The van der Waals surface area contributed by atoms with E-state index in [2.05, 4.69) is 5.32 Å². The molecule has 1 aromatic rings. The lowest BCUT2D eigenvalue weighted by Crippen LogP contribution is -2.46. The Morgan fingerprint density at radius 1 is 1.39 bits per heavy atom. The van der Waals surface area contributed by atoms with E-state index in [-0.39, 0.29) is 30.8 Å². The Morgan fingerprint density at radius 3 is 2.57 bits per heavy atom. The first-order valence-electron chi connectivity index (χ1n) is 7.46. The van der Waals surface area contributed by atoms with Gasteiger partial charge in [0.25, 0.3) is 0 Å². The second-order valence-electron chi connectivity index (χ2n) is 5.72. The van der Waals surface area contributed by atoms with Crippen molar-refractivity contribution in [2.75, 3.05) is 19.6 Å². The number of hydrogen-bond donors (Lipinski definition) is 1. The van der Waals surface area contributed by atoms with E-state index >= 15 is 0 Å². The van der Waals surface area contributed by atoms with Crippen molar-refractivity contribution in [3.05, 3.63) is 22.4 Å². The Hall–Kier alpha value is -1.57. The average molecular weight is 348 g/mol. The Balaban J connectivity index is 1.75. The number of nitrogens with one attached hydrogen (secondary N) is 1. The number of thiophene rings is 1. The first-order chi connectivity index (χ1) is 10.8. The molecular weight excluding hydrogens is 329 g/mol. The van der Waals surface area contributed by atoms with Crippen molar-refractivity contribution in [1.82, 2.24) is 10.2 Å². The third-order valence-corrected chi connectivity index (χ3v) is 5.13. The van der Waals surface area contributed by atoms with Crippen molar-refractivity contribution in [3.8, 4) is 0 Å². The summed E-state index contributed by atoms with van der Waals surface area (Å²) in [4.78, 5) is 25.0. The van der Waals surface area contributed by atoms with E-state index in [1.807, 2.05) is 24.4 Å². The van der Waals surface area contributed by atoms with Crippen LogP contribution in [0.3, 0.4) is 0 Å². The number of carbonyl (C=O) groups excluding carboxylic acids is 2. The summed E-state index contributed by atoms with van der Waals surface area (Å²) >= 11 is 1.52. The predicted octanol–water partition coefficient (Wildman–Crippen LogP) is 2.77. The highest BCUT2D eigenvalue weighted by atomic mass is 32.1. The van der Waals surface area contributed by atoms with E-state index in [1.54, 1.807) is 0 Å². The third-order valence-electron chi connectivity index (χ3n) is 4.07. The van der Waals surface area contributed by atoms with Gasteiger partial charge in [0.05, 0.1) is 5.92 Å². The Labute approximate surface area is 136 Å². The Kier molecular flexibility index (Phi) is 5.67. The molecule has 1 fully saturated rings. The molecule has 2 amide bonds. The van der Waals surface area contributed by atoms with E-state index < -0.39 is 12.1 Å². The Bertz CT molecular complexity index is 537. The van der Waals surface area contributed by atoms with Gasteiger partial charge in [-0.3, -0.25) is 9.59 Å². The summed E-state index contributed by atoms with van der Waals surface area (Å²) in [7, 11) is 0. The summed E-state index contributed by atoms with van der Waals surface area (Å²) in [5, 5.41) is 4.77. The number of nitrogens with zero attached hydrogens (tertiary/aromatic N) is 1. The molecule has 23 heavy (non-hydrogen) atoms. The molecule has 1 saturated heterocycles. The van der Waals surface area contributed by atoms with Gasteiger partial charge in [-0.15, -0.1) is 11.3 Å². The van der Waals surface area contributed by atoms with Crippen LogP contribution in [0.25, 0.3) is 0 Å². The highest BCUT2D eigenvalue weighted by molar-refractivity contribution is 7.10. The minimum atomic E-state index is -4.81. The van der Waals surface area contributed by atoms with Gasteiger partial charge in [0.15, 0.2) is 0 Å². The fourth-order valence-corrected chi connectivity index (χ4v) is 3.37. The maximum Gasteiger partial charge on any atom is 0.471 e. The molecule has 0 saturated carbocycles. The number of rotatable bonds is 4. The normalized spacial score (nSPS) is 17.8. The van der Waals surface area contributed by atoms with E-state index in [0.717, 1.165) is 9.78 Å². The molecule has 1 atom stereocenters. The van der Waals surface area contributed by atoms with Crippen molar-refractivity contribution in [3.63, 3.8) is 0 Å². The number of alkyl halides is 3. The lowest BCUT2D eigenvalue weighted by molar-refractivity contribution is -0.186. The molecular formula is C15H19F3N2O2S. The second-order valence-corrected chi connectivity index (χ2v) is 6.69. The number of halogens is 3. The molecule has 0 aliphatic carbocycles. The summed E-state index contributed by atoms with van der Waals surface area (Å²) in [5.41, 5.74) is 0. The molecule has 0 unspecified atom stereocenters. The molecule has 8 heteroatoms. The van der Waals surface area contributed by atoms with Crippen LogP contribution in [0.1, 0.15) is 30.6 Å². The van der Waals surface area contributed by atoms with Gasteiger partial charge in [0.2, 0.25) is 5.91 Å². The van der Waals surface area contributed by atoms with Crippen LogP contribution in [0.5, 0.6) is 0 Å². The molecule has 0 spiro atoms. The summed E-state index contributed by atoms with van der Waals surface area (Å²) in [5.74, 6) is -1.98. The van der Waals surface area contributed by atoms with Crippen LogP contribution < -0.4 is 5.32 Å². The van der Waals surface area contributed by atoms with Gasteiger partial charge in [-0.2, -0.15) is 13.2 Å². The smallest absolute Gasteiger partial charge is 0.355 e. The van der Waals surface area contributed by atoms with Gasteiger partial charge in [-0.05, 0) is 37.1 Å². The van der Waals surface area contributed by atoms with Gasteiger partial charge >= 0.3 is 12.1 Å². The van der Waals surface area contributed by atoms with Crippen LogP contribution >= 0.6 is 11.3 Å². The number of carbonyl (C=O) groups is 2. The topological polar surface area (TPSA) is 49.4 Å². The zero-order chi connectivity index (χ0) is 17.0. The van der Waals surface area contributed by atoms with Crippen molar-refractivity contribution < 1.29 is 22.8 Å². The molecule has 1 aliphatic rings. The summed E-state index contributed by atoms with van der Waals surface area (Å²) in [6, 6.07) is 3.79. The van der Waals surface area contributed by atoms with Crippen LogP contribution in [-0.4, -0.2) is 42.5 Å². The zero-order valence-electron chi connectivity index (χ0n) is 12.7. The van der Waals surface area contributed by atoms with Gasteiger partial charge in [0, 0.05) is 24.5 Å². The SMILES string of the molecule is C[C@@H](C(=O)NCC1CCN(C(=O)C(F)(F)F)CC1)c1cccs1. The van der Waals surface area contributed by atoms with Crippen LogP contribution in [0.2, 0.25) is 0 Å². The fourth-order valence-electron chi connectivity index (χ4n) is 2.58. The fraction of sp³-hybridized carbons (Fsp3) is 0.600. The number of piperidine rings is 1. The van der Waals surface area contributed by atoms with Crippen LogP contribution in [0, 0.1) is 5.92 Å². The molecule has 1 N–H and O–H groups in total. The third kappa shape index (κ3) is 4.70. The Morgan fingerprint density at radius 2 is 2.04 bits per heavy atom. The molecule has 4 nitrogen and oxygen atoms in total. The molecule has 1 aromatic heterocycles. The van der Waals surface area contributed by atoms with E-state index in [1.165, 1.54) is 11.3 Å². The van der Waals surface area contributed by atoms with Crippen LogP contribution in [-0.2, 0) is 9.59 Å². The highest BCUT2D eigenvalue weighted by Gasteiger charge is 2.43. The van der Waals surface area contributed by atoms with Gasteiger partial charge < -0.3 is 10.2 Å². The minimum Gasteiger partial charge on any atom is -0.355 e. The number of hydrogen-bond acceptors (Lipinski definition) is 3. The van der Waals surface area contributed by atoms with Crippen molar-refractivity contribution in [2.24, 2.45) is 5.92 Å². The lowest BCUT2D eigenvalue weighted by atomic mass is 9.96. The quantitative estimate of drug-likeness (QED) is 0.910. The second kappa shape index (κ2) is 7.33. The summed E-state index contributed by atoms with van der Waals surface area (Å²) in [6.07, 6.45) is -3.87. The molecule has 1 aliphatic heterocycles. The lowest BCUT2D eigenvalue weighted by Gasteiger charge is -2.32. The summed E-state index contributed by atoms with van der Waals surface area (Å²) < 4.78 is 37.1. The molecule has 0 bridgehead atoms. The average Bonchev–Trinajstić information content (AvgIpc) is 3.05. The monoisotopic (exact) mass is 348 g/mol. The van der Waals surface area contributed by atoms with Gasteiger partial charge in [-0.1, -0.05) is 6.07 Å². The molecule has 0 radical (unpaired) electrons. The number of likely N-dealkylation sites (tertiary alicyclic amines) is 1. The van der Waals surface area contributed by atoms with E-state index in [4.69, 9.17) is 0 Å². The maximum absolute atomic E-state index is 12.4. The number of amides is 2. The predicted molar refractivity (Wildman–Crippen MR) is 81.1 cm³/mol. The maximum atomic E-state index is 12.4. The molecule has 0 aromatic carbocycles. The van der Waals surface area contributed by atoms with Crippen molar-refractivity contribution in [1.29, 1.82) is 0 Å². The zero-order valence-corrected chi connectivity index (χ0v) is 13.5. The molecule has 128 valence electrons. The van der Waals surface area contributed by atoms with Gasteiger partial charge in [0.1, 0.15) is 0 Å². The van der Waals surface area contributed by atoms with Crippen molar-refractivity contribution in [2.45, 2.75) is 31.9 Å². The van der Waals surface area contributed by atoms with Crippen molar-refractivity contribution >= 4 is 23.2 Å². The summed E-state index contributed by atoms with van der Waals surface area (Å²) in [6.45, 7) is 2.42. The first kappa shape index (κ1) is 17.8. The van der Waals surface area contributed by atoms with Crippen LogP contribution in [0.4, 0.5) is 13.2 Å². The first-order valence-corrected chi connectivity index (χ1v) is 8.34. The van der Waals surface area contributed by atoms with Crippen LogP contribution in [0.15, 0.2) is 17.5 Å². The largest absolute Gasteiger partial charge is 0.471 e.